The van der Waals surface area contributed by atoms with Gasteiger partial charge in [-0.2, -0.15) is 0 Å². The zero-order chi connectivity index (χ0) is 7.52. The zero-order valence-corrected chi connectivity index (χ0v) is 8.93. The summed E-state index contributed by atoms with van der Waals surface area (Å²) in [5.74, 6) is 0. The van der Waals surface area contributed by atoms with Crippen molar-refractivity contribution in [1.29, 1.82) is 0 Å². The number of nitrogens with zero attached hydrogens (tertiary/aromatic N) is 3. The van der Waals surface area contributed by atoms with E-state index in [1.807, 2.05) is 30.3 Å². The van der Waals surface area contributed by atoms with Crippen molar-refractivity contribution in [2.45, 2.75) is 0 Å². The van der Waals surface area contributed by atoms with E-state index in [-0.39, 0.29) is 35.9 Å². The van der Waals surface area contributed by atoms with Crippen LogP contribution in [0.15, 0.2) is 36.7 Å². The molecular formula is C8H7AgN3S-2. The van der Waals surface area contributed by atoms with Gasteiger partial charge in [-0.1, -0.05) is 36.0 Å². The Labute approximate surface area is 99.1 Å². The zero-order valence-electron chi connectivity index (χ0n) is 6.55. The topological polar surface area (TPSA) is 30.7 Å². The van der Waals surface area contributed by atoms with Crippen molar-refractivity contribution >= 4 is 13.5 Å². The van der Waals surface area contributed by atoms with Gasteiger partial charge in [-0.15, -0.1) is 0 Å². The van der Waals surface area contributed by atoms with Gasteiger partial charge in [0.25, 0.3) is 0 Å². The molecule has 2 rings (SSSR count). The van der Waals surface area contributed by atoms with Gasteiger partial charge in [-0.25, -0.2) is 10.2 Å². The van der Waals surface area contributed by atoms with Gasteiger partial charge in [0.05, 0.1) is 0 Å². The summed E-state index contributed by atoms with van der Waals surface area (Å²) >= 11 is 0. The fourth-order valence-corrected chi connectivity index (χ4v) is 0.890. The molecule has 0 N–H and O–H groups in total. The third-order valence-corrected chi connectivity index (χ3v) is 1.41. The fraction of sp³-hybridized carbons (Fsp3) is 0. The van der Waals surface area contributed by atoms with Crippen molar-refractivity contribution in [1.82, 2.24) is 14.8 Å². The minimum absolute atomic E-state index is 0. The van der Waals surface area contributed by atoms with Gasteiger partial charge < -0.3 is 18.1 Å². The first kappa shape index (κ1) is 12.5. The molecule has 1 aromatic heterocycles. The van der Waals surface area contributed by atoms with Crippen LogP contribution in [-0.4, -0.2) is 14.8 Å². The molecule has 0 aliphatic rings. The van der Waals surface area contributed by atoms with Gasteiger partial charge in [0, 0.05) is 35.0 Å². The number of benzene rings is 1. The van der Waals surface area contributed by atoms with Crippen LogP contribution in [0.4, 0.5) is 0 Å². The normalized spacial score (nSPS) is 8.31. The molecule has 0 unspecified atom stereocenters. The Morgan fingerprint density at radius 1 is 1.15 bits per heavy atom. The predicted octanol–water partition coefficient (Wildman–Crippen LogP) is 0.795. The van der Waals surface area contributed by atoms with Gasteiger partial charge in [-0.3, -0.25) is 0 Å². The van der Waals surface area contributed by atoms with E-state index in [4.69, 9.17) is 0 Å². The van der Waals surface area contributed by atoms with E-state index in [1.165, 1.54) is 0 Å². The molecule has 0 saturated carbocycles. The van der Waals surface area contributed by atoms with E-state index < -0.39 is 0 Å². The average Bonchev–Trinajstić information content (AvgIpc) is 2.58. The molecule has 0 aliphatic carbocycles. The van der Waals surface area contributed by atoms with E-state index >= 15 is 0 Å². The van der Waals surface area contributed by atoms with Gasteiger partial charge in [0.15, 0.2) is 0 Å². The summed E-state index contributed by atoms with van der Waals surface area (Å²) < 4.78 is 1.74. The molecule has 3 nitrogen and oxygen atoms in total. The molecular weight excluding hydrogens is 278 g/mol. The van der Waals surface area contributed by atoms with E-state index in [1.54, 1.807) is 10.9 Å². The minimum atomic E-state index is 0. The number of para-hydroxylation sites is 1. The van der Waals surface area contributed by atoms with Crippen molar-refractivity contribution in [2.24, 2.45) is 0 Å². The maximum Gasteiger partial charge on any atom is 0.0358 e. The maximum atomic E-state index is 3.66. The number of hydrogen-bond acceptors (Lipinski definition) is 3. The first-order valence-electron chi connectivity index (χ1n) is 3.30. The van der Waals surface area contributed by atoms with Crippen LogP contribution in [0.25, 0.3) is 5.69 Å². The molecule has 0 fully saturated rings. The first-order valence-corrected chi connectivity index (χ1v) is 3.30. The van der Waals surface area contributed by atoms with E-state index in [0.717, 1.165) is 5.69 Å². The summed E-state index contributed by atoms with van der Waals surface area (Å²) in [6.45, 7) is 0. The van der Waals surface area contributed by atoms with Crippen LogP contribution in [0.5, 0.6) is 0 Å². The minimum Gasteiger partial charge on any atom is -0.813 e. The smallest absolute Gasteiger partial charge is 0.0358 e. The Morgan fingerprint density at radius 2 is 1.85 bits per heavy atom. The summed E-state index contributed by atoms with van der Waals surface area (Å²) in [6, 6.07) is 9.83. The van der Waals surface area contributed by atoms with Crippen LogP contribution in [0.3, 0.4) is 0 Å². The molecule has 13 heavy (non-hydrogen) atoms. The Kier molecular flexibility index (Phi) is 5.74. The van der Waals surface area contributed by atoms with Gasteiger partial charge >= 0.3 is 0 Å². The van der Waals surface area contributed by atoms with Crippen molar-refractivity contribution in [3.8, 4) is 5.69 Å². The number of aromatic nitrogens is 3. The largest absolute Gasteiger partial charge is 0.813 e. The number of rotatable bonds is 1. The monoisotopic (exact) mass is 284 g/mol. The molecule has 0 saturated heterocycles. The second kappa shape index (κ2) is 5.99. The van der Waals surface area contributed by atoms with E-state index in [0.29, 0.717) is 0 Å². The second-order valence-electron chi connectivity index (χ2n) is 2.14. The number of hydrogen-bond donors (Lipinski definition) is 0. The molecule has 0 atom stereocenters. The predicted molar refractivity (Wildman–Crippen MR) is 49.0 cm³/mol. The third-order valence-electron chi connectivity index (χ3n) is 1.41. The van der Waals surface area contributed by atoms with E-state index in [9.17, 15) is 0 Å². The molecule has 73 valence electrons. The molecule has 2 aromatic rings. The Bertz CT molecular complexity index is 322. The Balaban J connectivity index is 0.000000720. The van der Waals surface area contributed by atoms with Crippen molar-refractivity contribution in [3.05, 3.63) is 43.0 Å². The molecule has 1 aromatic carbocycles. The molecule has 0 amide bonds. The summed E-state index contributed by atoms with van der Waals surface area (Å²) in [7, 11) is 0. The van der Waals surface area contributed by atoms with Crippen LogP contribution in [0.1, 0.15) is 0 Å². The van der Waals surface area contributed by atoms with Crippen LogP contribution >= 0.6 is 0 Å². The van der Waals surface area contributed by atoms with Gasteiger partial charge in [-0.05, 0) is 0 Å². The molecule has 1 heterocycles. The van der Waals surface area contributed by atoms with Crippen LogP contribution < -0.4 is 0 Å². The van der Waals surface area contributed by atoms with Crippen molar-refractivity contribution in [3.63, 3.8) is 0 Å². The third kappa shape index (κ3) is 3.00. The molecule has 5 heteroatoms. The number of thiol groups is 1. The summed E-state index contributed by atoms with van der Waals surface area (Å²) in [6.07, 6.45) is 4.33. The van der Waals surface area contributed by atoms with Gasteiger partial charge in [0.2, 0.25) is 0 Å². The van der Waals surface area contributed by atoms with Crippen LogP contribution in [0, 0.1) is 6.33 Å². The quantitative estimate of drug-likeness (QED) is 0.336. The van der Waals surface area contributed by atoms with Crippen molar-refractivity contribution in [2.75, 3.05) is 0 Å². The van der Waals surface area contributed by atoms with E-state index in [2.05, 4.69) is 16.5 Å². The average molecular weight is 285 g/mol. The first-order chi connectivity index (χ1) is 5.47. The van der Waals surface area contributed by atoms with Gasteiger partial charge in [0.1, 0.15) is 0 Å². The summed E-state index contributed by atoms with van der Waals surface area (Å²) in [5, 5.41) is 7.24. The second-order valence-corrected chi connectivity index (χ2v) is 2.14. The molecule has 1 radical (unpaired) electrons. The maximum absolute atomic E-state index is 3.66. The summed E-state index contributed by atoms with van der Waals surface area (Å²) in [5.41, 5.74) is 1.03. The summed E-state index contributed by atoms with van der Waals surface area (Å²) in [4.78, 5) is 0. The molecule has 0 spiro atoms. The Morgan fingerprint density at radius 3 is 2.38 bits per heavy atom. The molecule has 0 aliphatic heterocycles. The van der Waals surface area contributed by atoms with Crippen LogP contribution in [-0.2, 0) is 35.9 Å². The molecule has 0 bridgehead atoms. The standard InChI is InChI=1S/C8H6N3.Ag.H2S/c1-2-4-8(5-3-1)11-6-9-10-7-11;;/h1-6H;;1H2/q-1;;/p-1. The van der Waals surface area contributed by atoms with Crippen molar-refractivity contribution < 1.29 is 22.4 Å². The van der Waals surface area contributed by atoms with Crippen LogP contribution in [0.2, 0.25) is 0 Å². The SMILES string of the molecule is [Ag].[SH-].[c-]1nncn1-c1ccccc1. The Hall–Kier alpha value is -0.550. The fourth-order valence-electron chi connectivity index (χ4n) is 0.890.